The van der Waals surface area contributed by atoms with Crippen LogP contribution in [0.4, 0.5) is 45.5 Å². The van der Waals surface area contributed by atoms with E-state index >= 15 is 0 Å². The molecule has 170 valence electrons. The van der Waals surface area contributed by atoms with Crippen LogP contribution < -0.4 is 16.0 Å². The third-order valence-electron chi connectivity index (χ3n) is 4.57. The molecule has 0 unspecified atom stereocenters. The van der Waals surface area contributed by atoms with Crippen LogP contribution in [0.15, 0.2) is 59.2 Å². The standard InChI is InChI=1S/C21H15BrF4N6O/c1-32-8-7-14-17(27-12-4-2-3-11(22)9-12)29-19(30-18(14)32)31-20(33)28-13-5-6-16(23)15(10-13)21(24,25)26/h2-10H,1H3,(H3,27,28,29,30,31,33). The zero-order chi connectivity index (χ0) is 23.8. The molecule has 33 heavy (non-hydrogen) atoms. The average Bonchev–Trinajstić information content (AvgIpc) is 3.10. The summed E-state index contributed by atoms with van der Waals surface area (Å²) in [5.41, 5.74) is -0.482. The van der Waals surface area contributed by atoms with Gasteiger partial charge in [0.15, 0.2) is 0 Å². The zero-order valence-electron chi connectivity index (χ0n) is 16.8. The summed E-state index contributed by atoms with van der Waals surface area (Å²) in [5.74, 6) is -1.11. The summed E-state index contributed by atoms with van der Waals surface area (Å²) < 4.78 is 54.8. The number of anilines is 4. The van der Waals surface area contributed by atoms with Crippen LogP contribution in [0.3, 0.4) is 0 Å². The summed E-state index contributed by atoms with van der Waals surface area (Å²) in [7, 11) is 1.76. The van der Waals surface area contributed by atoms with E-state index in [1.54, 1.807) is 23.9 Å². The van der Waals surface area contributed by atoms with E-state index in [9.17, 15) is 22.4 Å². The number of aryl methyl sites for hydroxylation is 1. The lowest BCUT2D eigenvalue weighted by molar-refractivity contribution is -0.139. The van der Waals surface area contributed by atoms with E-state index in [0.29, 0.717) is 29.0 Å². The molecule has 12 heteroatoms. The van der Waals surface area contributed by atoms with Gasteiger partial charge >= 0.3 is 12.2 Å². The van der Waals surface area contributed by atoms with Gasteiger partial charge < -0.3 is 15.2 Å². The smallest absolute Gasteiger partial charge is 0.339 e. The minimum Gasteiger partial charge on any atom is -0.339 e. The van der Waals surface area contributed by atoms with Crippen molar-refractivity contribution < 1.29 is 22.4 Å². The van der Waals surface area contributed by atoms with Crippen molar-refractivity contribution in [3.63, 3.8) is 0 Å². The van der Waals surface area contributed by atoms with Gasteiger partial charge in [-0.3, -0.25) is 5.32 Å². The highest BCUT2D eigenvalue weighted by molar-refractivity contribution is 9.10. The van der Waals surface area contributed by atoms with Gasteiger partial charge in [0.2, 0.25) is 5.95 Å². The third kappa shape index (κ3) is 5.06. The van der Waals surface area contributed by atoms with Crippen molar-refractivity contribution in [1.82, 2.24) is 14.5 Å². The lowest BCUT2D eigenvalue weighted by atomic mass is 10.2. The molecule has 3 N–H and O–H groups in total. The van der Waals surface area contributed by atoms with Gasteiger partial charge in [0.05, 0.1) is 10.9 Å². The number of nitrogens with zero attached hydrogens (tertiary/aromatic N) is 3. The van der Waals surface area contributed by atoms with E-state index in [4.69, 9.17) is 0 Å². The topological polar surface area (TPSA) is 83.9 Å². The average molecular weight is 523 g/mol. The van der Waals surface area contributed by atoms with E-state index in [0.717, 1.165) is 16.2 Å². The summed E-state index contributed by atoms with van der Waals surface area (Å²) in [4.78, 5) is 21.0. The van der Waals surface area contributed by atoms with E-state index in [1.165, 1.54) is 0 Å². The van der Waals surface area contributed by atoms with E-state index in [-0.39, 0.29) is 11.6 Å². The fourth-order valence-electron chi connectivity index (χ4n) is 3.08. The highest BCUT2D eigenvalue weighted by Gasteiger charge is 2.34. The number of amides is 2. The lowest BCUT2D eigenvalue weighted by Crippen LogP contribution is -2.22. The Morgan fingerprint density at radius 2 is 1.82 bits per heavy atom. The van der Waals surface area contributed by atoms with Gasteiger partial charge in [-0.15, -0.1) is 0 Å². The molecule has 2 aromatic heterocycles. The van der Waals surface area contributed by atoms with Crippen LogP contribution in [0.2, 0.25) is 0 Å². The number of rotatable bonds is 4. The number of carbonyl (C=O) groups excluding carboxylic acids is 1. The molecule has 0 bridgehead atoms. The Morgan fingerprint density at radius 3 is 2.55 bits per heavy atom. The van der Waals surface area contributed by atoms with Crippen molar-refractivity contribution in [2.45, 2.75) is 6.18 Å². The highest BCUT2D eigenvalue weighted by Crippen LogP contribution is 2.33. The van der Waals surface area contributed by atoms with Crippen LogP contribution in [0, 0.1) is 5.82 Å². The van der Waals surface area contributed by atoms with Crippen molar-refractivity contribution >= 4 is 56.1 Å². The molecular formula is C21H15BrF4N6O. The number of nitrogens with one attached hydrogen (secondary N) is 3. The number of urea groups is 1. The van der Waals surface area contributed by atoms with Crippen LogP contribution in [0.25, 0.3) is 11.0 Å². The number of halogens is 5. The molecular weight excluding hydrogens is 508 g/mol. The van der Waals surface area contributed by atoms with Gasteiger partial charge in [-0.25, -0.2) is 9.18 Å². The van der Waals surface area contributed by atoms with Gasteiger partial charge in [-0.2, -0.15) is 23.1 Å². The quantitative estimate of drug-likeness (QED) is 0.275. The zero-order valence-corrected chi connectivity index (χ0v) is 18.4. The Hall–Kier alpha value is -3.67. The van der Waals surface area contributed by atoms with Crippen LogP contribution in [0.1, 0.15) is 5.56 Å². The van der Waals surface area contributed by atoms with Crippen LogP contribution in [0.5, 0.6) is 0 Å². The minimum atomic E-state index is -4.90. The molecule has 0 aliphatic carbocycles. The van der Waals surface area contributed by atoms with Crippen molar-refractivity contribution in [2.75, 3.05) is 16.0 Å². The second-order valence-corrected chi connectivity index (χ2v) is 7.88. The fraction of sp³-hybridized carbons (Fsp3) is 0.0952. The molecule has 0 fully saturated rings. The number of hydrogen-bond donors (Lipinski definition) is 3. The fourth-order valence-corrected chi connectivity index (χ4v) is 3.47. The summed E-state index contributed by atoms with van der Waals surface area (Å²) in [6.45, 7) is 0. The van der Waals surface area contributed by atoms with E-state index in [1.807, 2.05) is 24.3 Å². The number of fused-ring (bicyclic) bond motifs is 1. The molecule has 2 aromatic carbocycles. The van der Waals surface area contributed by atoms with Gasteiger partial charge in [-0.1, -0.05) is 22.0 Å². The molecule has 4 rings (SSSR count). The van der Waals surface area contributed by atoms with E-state index in [2.05, 4.69) is 41.8 Å². The predicted molar refractivity (Wildman–Crippen MR) is 120 cm³/mol. The van der Waals surface area contributed by atoms with Crippen LogP contribution in [-0.2, 0) is 13.2 Å². The molecule has 7 nitrogen and oxygen atoms in total. The number of benzene rings is 2. The Balaban J connectivity index is 1.60. The SMILES string of the molecule is Cn1ccc2c(Nc3cccc(Br)c3)nc(NC(=O)Nc3ccc(F)c(C(F)(F)F)c3)nc21. The molecule has 2 heterocycles. The normalized spacial score (nSPS) is 11.5. The van der Waals surface area contributed by atoms with Crippen molar-refractivity contribution in [2.24, 2.45) is 7.05 Å². The first-order valence-electron chi connectivity index (χ1n) is 9.40. The van der Waals surface area contributed by atoms with Crippen molar-refractivity contribution in [3.05, 3.63) is 70.6 Å². The Kier molecular flexibility index (Phi) is 5.93. The number of carbonyl (C=O) groups is 1. The highest BCUT2D eigenvalue weighted by atomic mass is 79.9. The van der Waals surface area contributed by atoms with Crippen molar-refractivity contribution in [1.29, 1.82) is 0 Å². The van der Waals surface area contributed by atoms with Crippen LogP contribution >= 0.6 is 15.9 Å². The maximum Gasteiger partial charge on any atom is 0.419 e. The summed E-state index contributed by atoms with van der Waals surface area (Å²) in [6, 6.07) is 10.4. The van der Waals surface area contributed by atoms with Gasteiger partial charge in [0.25, 0.3) is 0 Å². The van der Waals surface area contributed by atoms with Gasteiger partial charge in [-0.05, 0) is 42.5 Å². The first-order valence-corrected chi connectivity index (χ1v) is 10.2. The number of aromatic nitrogens is 3. The third-order valence-corrected chi connectivity index (χ3v) is 5.06. The molecule has 0 aliphatic heterocycles. The molecule has 0 spiro atoms. The largest absolute Gasteiger partial charge is 0.419 e. The molecule has 0 saturated carbocycles. The van der Waals surface area contributed by atoms with E-state index < -0.39 is 23.6 Å². The molecule has 0 aliphatic rings. The summed E-state index contributed by atoms with van der Waals surface area (Å²) in [6.07, 6.45) is -3.13. The Morgan fingerprint density at radius 1 is 1.03 bits per heavy atom. The Bertz CT molecular complexity index is 1350. The minimum absolute atomic E-state index is 0.0857. The second-order valence-electron chi connectivity index (χ2n) is 6.97. The van der Waals surface area contributed by atoms with Gasteiger partial charge in [0, 0.05) is 29.1 Å². The maximum absolute atomic E-state index is 13.5. The first-order chi connectivity index (χ1) is 15.6. The summed E-state index contributed by atoms with van der Waals surface area (Å²) >= 11 is 3.39. The molecule has 2 amide bonds. The number of hydrogen-bond acceptors (Lipinski definition) is 4. The first kappa shape index (κ1) is 22.5. The summed E-state index contributed by atoms with van der Waals surface area (Å²) in [5, 5.41) is 8.49. The molecule has 0 radical (unpaired) electrons. The van der Waals surface area contributed by atoms with Crippen LogP contribution in [-0.4, -0.2) is 20.6 Å². The van der Waals surface area contributed by atoms with Gasteiger partial charge in [0.1, 0.15) is 17.3 Å². The monoisotopic (exact) mass is 522 g/mol. The predicted octanol–water partition coefficient (Wildman–Crippen LogP) is 6.28. The lowest BCUT2D eigenvalue weighted by Gasteiger charge is -2.12. The molecule has 0 atom stereocenters. The Labute approximate surface area is 193 Å². The second kappa shape index (κ2) is 8.70. The molecule has 0 saturated heterocycles. The molecule has 4 aromatic rings. The maximum atomic E-state index is 13.5. The van der Waals surface area contributed by atoms with Crippen molar-refractivity contribution in [3.8, 4) is 0 Å². The number of alkyl halides is 3.